The summed E-state index contributed by atoms with van der Waals surface area (Å²) in [5.74, 6) is -2.40. The topological polar surface area (TPSA) is 29.5 Å². The van der Waals surface area contributed by atoms with Crippen molar-refractivity contribution in [2.75, 3.05) is 20.2 Å². The first-order chi connectivity index (χ1) is 11.6. The van der Waals surface area contributed by atoms with Gasteiger partial charge in [-0.1, -0.05) is 36.4 Å². The Bertz CT molecular complexity index is 721. The molecule has 3 rings (SSSR count). The second-order valence-corrected chi connectivity index (χ2v) is 6.08. The van der Waals surface area contributed by atoms with E-state index in [1.807, 2.05) is 30.3 Å². The lowest BCUT2D eigenvalue weighted by atomic mass is 9.88. The Morgan fingerprint density at radius 2 is 1.92 bits per heavy atom. The molecule has 5 heteroatoms. The highest BCUT2D eigenvalue weighted by Gasteiger charge is 2.40. The van der Waals surface area contributed by atoms with E-state index in [9.17, 15) is 13.6 Å². The number of esters is 1. The molecule has 2 atom stereocenters. The molecular formula is C19H19F2NO2. The summed E-state index contributed by atoms with van der Waals surface area (Å²) in [5.41, 5.74) is 1.49. The van der Waals surface area contributed by atoms with Gasteiger partial charge >= 0.3 is 5.97 Å². The lowest BCUT2D eigenvalue weighted by molar-refractivity contribution is -0.145. The number of halogens is 2. The Morgan fingerprint density at radius 1 is 1.17 bits per heavy atom. The highest BCUT2D eigenvalue weighted by atomic mass is 19.1. The molecule has 2 unspecified atom stereocenters. The predicted molar refractivity (Wildman–Crippen MR) is 86.3 cm³/mol. The zero-order valence-electron chi connectivity index (χ0n) is 13.4. The van der Waals surface area contributed by atoms with Crippen LogP contribution >= 0.6 is 0 Å². The van der Waals surface area contributed by atoms with E-state index in [4.69, 9.17) is 4.74 Å². The van der Waals surface area contributed by atoms with Crippen LogP contribution in [0.25, 0.3) is 0 Å². The molecule has 1 aliphatic heterocycles. The van der Waals surface area contributed by atoms with Crippen molar-refractivity contribution in [3.8, 4) is 0 Å². The Hall–Kier alpha value is -2.27. The first-order valence-corrected chi connectivity index (χ1v) is 7.87. The maximum absolute atomic E-state index is 14.2. The van der Waals surface area contributed by atoms with Crippen molar-refractivity contribution in [3.63, 3.8) is 0 Å². The maximum atomic E-state index is 14.2. The van der Waals surface area contributed by atoms with Crippen molar-refractivity contribution in [3.05, 3.63) is 71.3 Å². The first kappa shape index (κ1) is 16.6. The van der Waals surface area contributed by atoms with Crippen LogP contribution in [0.2, 0.25) is 0 Å². The summed E-state index contributed by atoms with van der Waals surface area (Å²) in [6.07, 6.45) is 0. The van der Waals surface area contributed by atoms with Crippen LogP contribution in [0, 0.1) is 17.6 Å². The molecule has 24 heavy (non-hydrogen) atoms. The molecule has 0 radical (unpaired) electrons. The van der Waals surface area contributed by atoms with Crippen LogP contribution in [0.1, 0.15) is 17.0 Å². The van der Waals surface area contributed by atoms with Crippen LogP contribution in [-0.2, 0) is 16.1 Å². The lowest BCUT2D eigenvalue weighted by Gasteiger charge is -2.17. The minimum Gasteiger partial charge on any atom is -0.469 e. The molecule has 1 saturated heterocycles. The number of ether oxygens (including phenoxy) is 1. The third-order valence-electron chi connectivity index (χ3n) is 4.51. The van der Waals surface area contributed by atoms with E-state index in [0.717, 1.165) is 11.6 Å². The smallest absolute Gasteiger partial charge is 0.310 e. The first-order valence-electron chi connectivity index (χ1n) is 7.87. The fraction of sp³-hybridized carbons (Fsp3) is 0.316. The molecule has 1 aliphatic rings. The van der Waals surface area contributed by atoms with Gasteiger partial charge in [0.15, 0.2) is 0 Å². The summed E-state index contributed by atoms with van der Waals surface area (Å²) in [4.78, 5) is 14.2. The van der Waals surface area contributed by atoms with Crippen molar-refractivity contribution in [1.82, 2.24) is 4.90 Å². The van der Waals surface area contributed by atoms with Crippen LogP contribution in [0.4, 0.5) is 8.78 Å². The quantitative estimate of drug-likeness (QED) is 0.805. The summed E-state index contributed by atoms with van der Waals surface area (Å²) < 4.78 is 32.3. The number of nitrogens with zero attached hydrogens (tertiary/aromatic N) is 1. The minimum absolute atomic E-state index is 0.346. The summed E-state index contributed by atoms with van der Waals surface area (Å²) in [7, 11) is 1.33. The highest BCUT2D eigenvalue weighted by molar-refractivity contribution is 5.74. The second kappa shape index (κ2) is 7.09. The zero-order chi connectivity index (χ0) is 17.1. The molecule has 0 amide bonds. The molecule has 0 bridgehead atoms. The summed E-state index contributed by atoms with van der Waals surface area (Å²) in [6, 6.07) is 13.4. The number of likely N-dealkylation sites (tertiary alicyclic amines) is 1. The Balaban J connectivity index is 1.84. The SMILES string of the molecule is COC(=O)C1CN(Cc2ccccc2)CC1c1ccc(F)cc1F. The molecule has 0 spiro atoms. The number of hydrogen-bond acceptors (Lipinski definition) is 3. The number of carbonyl (C=O) groups is 1. The third kappa shape index (κ3) is 3.46. The van der Waals surface area contributed by atoms with Gasteiger partial charge in [-0.2, -0.15) is 0 Å². The van der Waals surface area contributed by atoms with Crippen LogP contribution in [0.15, 0.2) is 48.5 Å². The normalized spacial score (nSPS) is 21.0. The van der Waals surface area contributed by atoms with Gasteiger partial charge < -0.3 is 4.74 Å². The van der Waals surface area contributed by atoms with E-state index in [0.29, 0.717) is 25.2 Å². The molecule has 0 aromatic heterocycles. The second-order valence-electron chi connectivity index (χ2n) is 6.08. The van der Waals surface area contributed by atoms with Gasteiger partial charge in [0, 0.05) is 31.6 Å². The van der Waals surface area contributed by atoms with Crippen molar-refractivity contribution in [1.29, 1.82) is 0 Å². The van der Waals surface area contributed by atoms with Crippen LogP contribution in [-0.4, -0.2) is 31.1 Å². The summed E-state index contributed by atoms with van der Waals surface area (Å²) in [5, 5.41) is 0. The minimum atomic E-state index is -0.620. The number of hydrogen-bond donors (Lipinski definition) is 0. The number of carbonyl (C=O) groups excluding carboxylic acids is 1. The monoisotopic (exact) mass is 331 g/mol. The van der Waals surface area contributed by atoms with Crippen molar-refractivity contribution >= 4 is 5.97 Å². The molecule has 3 nitrogen and oxygen atoms in total. The van der Waals surface area contributed by atoms with Gasteiger partial charge in [0.25, 0.3) is 0 Å². The molecule has 0 saturated carbocycles. The number of benzene rings is 2. The van der Waals surface area contributed by atoms with Crippen molar-refractivity contribution < 1.29 is 18.3 Å². The molecule has 126 valence electrons. The van der Waals surface area contributed by atoms with Crippen LogP contribution in [0.3, 0.4) is 0 Å². The largest absolute Gasteiger partial charge is 0.469 e. The molecule has 1 fully saturated rings. The van der Waals surface area contributed by atoms with Crippen molar-refractivity contribution in [2.45, 2.75) is 12.5 Å². The van der Waals surface area contributed by atoms with Crippen LogP contribution < -0.4 is 0 Å². The van der Waals surface area contributed by atoms with Crippen molar-refractivity contribution in [2.24, 2.45) is 5.92 Å². The standard InChI is InChI=1S/C19H19F2NO2/c1-24-19(23)17-12-22(10-13-5-3-2-4-6-13)11-16(17)15-8-7-14(20)9-18(15)21/h2-9,16-17H,10-12H2,1H3. The lowest BCUT2D eigenvalue weighted by Crippen LogP contribution is -2.24. The van der Waals surface area contributed by atoms with Gasteiger partial charge in [0.1, 0.15) is 11.6 Å². The Morgan fingerprint density at radius 3 is 2.58 bits per heavy atom. The predicted octanol–water partition coefficient (Wildman–Crippen LogP) is 3.35. The van der Waals surface area contributed by atoms with Gasteiger partial charge in [-0.25, -0.2) is 8.78 Å². The van der Waals surface area contributed by atoms with Gasteiger partial charge in [-0.05, 0) is 17.2 Å². The van der Waals surface area contributed by atoms with Gasteiger partial charge in [-0.15, -0.1) is 0 Å². The molecule has 1 heterocycles. The zero-order valence-corrected chi connectivity index (χ0v) is 13.4. The Kier molecular flexibility index (Phi) is 4.90. The van der Waals surface area contributed by atoms with Gasteiger partial charge in [-0.3, -0.25) is 9.69 Å². The van der Waals surface area contributed by atoms with E-state index < -0.39 is 17.6 Å². The Labute approximate surface area is 139 Å². The highest BCUT2D eigenvalue weighted by Crippen LogP contribution is 2.35. The molecule has 0 N–H and O–H groups in total. The molecule has 2 aromatic rings. The van der Waals surface area contributed by atoms with E-state index >= 15 is 0 Å². The molecular weight excluding hydrogens is 312 g/mol. The van der Waals surface area contributed by atoms with E-state index in [-0.39, 0.29) is 11.9 Å². The maximum Gasteiger partial charge on any atom is 0.310 e. The molecule has 2 aromatic carbocycles. The third-order valence-corrected chi connectivity index (χ3v) is 4.51. The number of methoxy groups -OCH3 is 1. The van der Waals surface area contributed by atoms with Gasteiger partial charge in [0.2, 0.25) is 0 Å². The molecule has 0 aliphatic carbocycles. The average Bonchev–Trinajstić information content (AvgIpc) is 2.98. The van der Waals surface area contributed by atoms with E-state index in [1.54, 1.807) is 0 Å². The summed E-state index contributed by atoms with van der Waals surface area (Å²) >= 11 is 0. The fourth-order valence-electron chi connectivity index (χ4n) is 3.36. The fourth-order valence-corrected chi connectivity index (χ4v) is 3.36. The number of rotatable bonds is 4. The van der Waals surface area contributed by atoms with E-state index in [2.05, 4.69) is 4.90 Å². The summed E-state index contributed by atoms with van der Waals surface area (Å²) in [6.45, 7) is 1.69. The van der Waals surface area contributed by atoms with Crippen LogP contribution in [0.5, 0.6) is 0 Å². The van der Waals surface area contributed by atoms with Gasteiger partial charge in [0.05, 0.1) is 13.0 Å². The van der Waals surface area contributed by atoms with E-state index in [1.165, 1.54) is 19.2 Å². The average molecular weight is 331 g/mol.